The lowest BCUT2D eigenvalue weighted by molar-refractivity contribution is -0.126. The van der Waals surface area contributed by atoms with E-state index in [1.807, 2.05) is 18.2 Å². The summed E-state index contributed by atoms with van der Waals surface area (Å²) in [6.45, 7) is 2.91. The van der Waals surface area contributed by atoms with Crippen LogP contribution in [0.15, 0.2) is 53.4 Å². The van der Waals surface area contributed by atoms with Crippen molar-refractivity contribution in [2.24, 2.45) is 5.92 Å². The van der Waals surface area contributed by atoms with Gasteiger partial charge in [-0.3, -0.25) is 4.79 Å². The third-order valence-electron chi connectivity index (χ3n) is 5.93. The number of carbonyl (C=O) groups is 1. The topological polar surface area (TPSA) is 95.5 Å². The van der Waals surface area contributed by atoms with Crippen molar-refractivity contribution in [1.29, 1.82) is 0 Å². The van der Waals surface area contributed by atoms with E-state index in [2.05, 4.69) is 38.1 Å². The molecule has 1 aliphatic rings. The van der Waals surface area contributed by atoms with Gasteiger partial charge in [-0.05, 0) is 50.6 Å². The van der Waals surface area contributed by atoms with Crippen molar-refractivity contribution in [3.63, 3.8) is 0 Å². The molecule has 0 radical (unpaired) electrons. The Morgan fingerprint density at radius 3 is 2.82 bits per heavy atom. The van der Waals surface area contributed by atoms with Crippen LogP contribution in [-0.4, -0.2) is 65.5 Å². The first-order valence-corrected chi connectivity index (χ1v) is 13.3. The van der Waals surface area contributed by atoms with E-state index in [4.69, 9.17) is 0 Å². The van der Waals surface area contributed by atoms with E-state index in [1.165, 1.54) is 9.87 Å². The fourth-order valence-corrected chi connectivity index (χ4v) is 6.46. The molecule has 8 nitrogen and oxygen atoms in total. The molecular formula is C23H29N5O3S2. The molecule has 0 unspecified atom stereocenters. The molecule has 1 aliphatic heterocycles. The largest absolute Gasteiger partial charge is 0.356 e. The molecule has 2 aromatic carbocycles. The maximum Gasteiger partial charge on any atom is 0.245 e. The van der Waals surface area contributed by atoms with Crippen LogP contribution >= 0.6 is 11.7 Å². The molecule has 3 aromatic rings. The van der Waals surface area contributed by atoms with Crippen LogP contribution in [-0.2, 0) is 21.4 Å². The summed E-state index contributed by atoms with van der Waals surface area (Å²) in [5.74, 6) is -0.419. The molecule has 1 saturated heterocycles. The zero-order chi connectivity index (χ0) is 23.3. The SMILES string of the molecule is CN(CCCNC(=O)[C@@H]1CCCN(S(=O)(=O)c2cccc3nsnc23)C1)Cc1ccccc1. The number of nitrogens with zero attached hydrogens (tertiary/aromatic N) is 4. The number of hydrogen-bond acceptors (Lipinski definition) is 7. The third kappa shape index (κ3) is 5.75. The second-order valence-electron chi connectivity index (χ2n) is 8.46. The minimum Gasteiger partial charge on any atom is -0.356 e. The fraction of sp³-hybridized carbons (Fsp3) is 0.435. The third-order valence-corrected chi connectivity index (χ3v) is 8.37. The van der Waals surface area contributed by atoms with Crippen molar-refractivity contribution in [2.45, 2.75) is 30.7 Å². The number of sulfonamides is 1. The smallest absolute Gasteiger partial charge is 0.245 e. The summed E-state index contributed by atoms with van der Waals surface area (Å²) in [6, 6.07) is 15.3. The fourth-order valence-electron chi connectivity index (χ4n) is 4.18. The van der Waals surface area contributed by atoms with Gasteiger partial charge in [0.05, 0.1) is 17.6 Å². The van der Waals surface area contributed by atoms with Crippen LogP contribution in [0.2, 0.25) is 0 Å². The number of hydrogen-bond donors (Lipinski definition) is 1. The molecular weight excluding hydrogens is 458 g/mol. The van der Waals surface area contributed by atoms with Gasteiger partial charge in [0.2, 0.25) is 15.9 Å². The molecule has 33 heavy (non-hydrogen) atoms. The minimum absolute atomic E-state index is 0.0749. The van der Waals surface area contributed by atoms with Crippen molar-refractivity contribution < 1.29 is 13.2 Å². The van der Waals surface area contributed by atoms with Crippen molar-refractivity contribution in [3.05, 3.63) is 54.1 Å². The number of rotatable bonds is 9. The van der Waals surface area contributed by atoms with Crippen molar-refractivity contribution >= 4 is 38.7 Å². The van der Waals surface area contributed by atoms with Crippen LogP contribution in [0, 0.1) is 5.92 Å². The van der Waals surface area contributed by atoms with Crippen molar-refractivity contribution in [3.8, 4) is 0 Å². The second-order valence-corrected chi connectivity index (χ2v) is 10.9. The average molecular weight is 488 g/mol. The summed E-state index contributed by atoms with van der Waals surface area (Å²) in [5, 5.41) is 3.00. The van der Waals surface area contributed by atoms with Gasteiger partial charge in [0.1, 0.15) is 15.9 Å². The normalized spacial score (nSPS) is 17.5. The molecule has 0 aliphatic carbocycles. The van der Waals surface area contributed by atoms with Gasteiger partial charge in [0.15, 0.2) is 0 Å². The van der Waals surface area contributed by atoms with Gasteiger partial charge in [-0.1, -0.05) is 36.4 Å². The molecule has 176 valence electrons. The standard InChI is InChI=1S/C23H29N5O3S2/c1-27(16-18-8-3-2-4-9-18)14-7-13-24-23(29)19-10-6-15-28(17-19)33(30,31)21-12-5-11-20-22(21)26-32-25-20/h2-5,8-9,11-12,19H,6-7,10,13-17H2,1H3,(H,24,29)/t19-/m1/s1. The molecule has 4 rings (SSSR count). The van der Waals surface area contributed by atoms with E-state index >= 15 is 0 Å². The first-order valence-electron chi connectivity index (χ1n) is 11.2. The van der Waals surface area contributed by atoms with Crippen molar-refractivity contribution in [2.75, 3.05) is 33.2 Å². The first kappa shape index (κ1) is 23.7. The van der Waals surface area contributed by atoms with Gasteiger partial charge in [-0.25, -0.2) is 8.42 Å². The van der Waals surface area contributed by atoms with E-state index < -0.39 is 10.0 Å². The number of fused-ring (bicyclic) bond motifs is 1. The molecule has 0 spiro atoms. The lowest BCUT2D eigenvalue weighted by atomic mass is 9.99. The first-order chi connectivity index (χ1) is 15.9. The zero-order valence-electron chi connectivity index (χ0n) is 18.7. The van der Waals surface area contributed by atoms with Gasteiger partial charge in [0.25, 0.3) is 0 Å². The summed E-state index contributed by atoms with van der Waals surface area (Å²) in [4.78, 5) is 15.1. The highest BCUT2D eigenvalue weighted by Crippen LogP contribution is 2.28. The van der Waals surface area contributed by atoms with Crippen LogP contribution in [0.5, 0.6) is 0 Å². The van der Waals surface area contributed by atoms with Gasteiger partial charge >= 0.3 is 0 Å². The van der Waals surface area contributed by atoms with Gasteiger partial charge in [0, 0.05) is 26.2 Å². The van der Waals surface area contributed by atoms with E-state index in [0.717, 1.165) is 31.2 Å². The number of nitrogens with one attached hydrogen (secondary N) is 1. The minimum atomic E-state index is -3.74. The molecule has 0 saturated carbocycles. The van der Waals surface area contributed by atoms with Crippen LogP contribution in [0.3, 0.4) is 0 Å². The molecule has 1 amide bonds. The molecule has 2 heterocycles. The van der Waals surface area contributed by atoms with Crippen molar-refractivity contribution in [1.82, 2.24) is 23.3 Å². The predicted molar refractivity (Wildman–Crippen MR) is 129 cm³/mol. The van der Waals surface area contributed by atoms with Crippen LogP contribution in [0.4, 0.5) is 0 Å². The van der Waals surface area contributed by atoms with Crippen LogP contribution < -0.4 is 5.32 Å². The van der Waals surface area contributed by atoms with Crippen LogP contribution in [0.1, 0.15) is 24.8 Å². The van der Waals surface area contributed by atoms with Gasteiger partial charge in [-0.2, -0.15) is 13.1 Å². The van der Waals surface area contributed by atoms with E-state index in [-0.39, 0.29) is 23.3 Å². The summed E-state index contributed by atoms with van der Waals surface area (Å²) in [7, 11) is -1.67. The Morgan fingerprint density at radius 1 is 1.18 bits per heavy atom. The summed E-state index contributed by atoms with van der Waals surface area (Å²) in [5.41, 5.74) is 2.23. The Morgan fingerprint density at radius 2 is 2.00 bits per heavy atom. The summed E-state index contributed by atoms with van der Waals surface area (Å²) >= 11 is 0.998. The van der Waals surface area contributed by atoms with Gasteiger partial charge < -0.3 is 10.2 Å². The number of piperidine rings is 1. The monoisotopic (exact) mass is 487 g/mol. The zero-order valence-corrected chi connectivity index (χ0v) is 20.3. The maximum atomic E-state index is 13.3. The highest BCUT2D eigenvalue weighted by Gasteiger charge is 2.34. The molecule has 1 atom stereocenters. The molecule has 10 heteroatoms. The lowest BCUT2D eigenvalue weighted by Gasteiger charge is -2.31. The average Bonchev–Trinajstić information content (AvgIpc) is 3.31. The Balaban J connectivity index is 1.28. The molecule has 1 aromatic heterocycles. The number of carbonyl (C=O) groups excluding carboxylic acids is 1. The number of aromatic nitrogens is 2. The maximum absolute atomic E-state index is 13.3. The number of benzene rings is 2. The van der Waals surface area contributed by atoms with E-state index in [9.17, 15) is 13.2 Å². The summed E-state index contributed by atoms with van der Waals surface area (Å²) in [6.07, 6.45) is 2.18. The van der Waals surface area contributed by atoms with E-state index in [1.54, 1.807) is 18.2 Å². The Hall–Kier alpha value is -2.40. The molecule has 1 fully saturated rings. The van der Waals surface area contributed by atoms with E-state index in [0.29, 0.717) is 37.0 Å². The highest BCUT2D eigenvalue weighted by atomic mass is 32.2. The second kappa shape index (κ2) is 10.7. The molecule has 1 N–H and O–H groups in total. The Kier molecular flexibility index (Phi) is 7.69. The lowest BCUT2D eigenvalue weighted by Crippen LogP contribution is -2.45. The van der Waals surface area contributed by atoms with Gasteiger partial charge in [-0.15, -0.1) is 0 Å². The number of amides is 1. The Labute approximate surface area is 199 Å². The molecule has 0 bridgehead atoms. The van der Waals surface area contributed by atoms with Crippen LogP contribution in [0.25, 0.3) is 11.0 Å². The summed E-state index contributed by atoms with van der Waals surface area (Å²) < 4.78 is 36.3. The quantitative estimate of drug-likeness (QED) is 0.467. The Bertz CT molecular complexity index is 1180. The highest BCUT2D eigenvalue weighted by molar-refractivity contribution is 7.89. The predicted octanol–water partition coefficient (Wildman–Crippen LogP) is 2.73.